The van der Waals surface area contributed by atoms with Gasteiger partial charge in [-0.2, -0.15) is 13.9 Å². The Morgan fingerprint density at radius 3 is 1.36 bits per heavy atom. The van der Waals surface area contributed by atoms with Crippen molar-refractivity contribution in [2.45, 2.75) is 198 Å². The fourth-order valence-corrected chi connectivity index (χ4v) is 8.88. The fourth-order valence-electron chi connectivity index (χ4n) is 8.62. The highest BCUT2D eigenvalue weighted by Gasteiger charge is 2.31. The number of aromatic nitrogens is 10. The van der Waals surface area contributed by atoms with E-state index in [0.29, 0.717) is 33.7 Å². The van der Waals surface area contributed by atoms with Crippen molar-refractivity contribution < 1.29 is 28.0 Å². The van der Waals surface area contributed by atoms with Crippen molar-refractivity contribution in [3.8, 4) is 0 Å². The molecule has 4 aromatic heterocycles. The van der Waals surface area contributed by atoms with Crippen LogP contribution in [0.2, 0.25) is 5.15 Å². The lowest BCUT2D eigenvalue weighted by molar-refractivity contribution is -0.119. The maximum absolute atomic E-state index is 12.9. The van der Waals surface area contributed by atoms with Gasteiger partial charge in [-0.15, -0.1) is 5.10 Å². The van der Waals surface area contributed by atoms with Gasteiger partial charge >= 0.3 is 28.3 Å². The summed E-state index contributed by atoms with van der Waals surface area (Å²) in [6, 6.07) is 2.76. The van der Waals surface area contributed by atoms with Crippen LogP contribution in [0.25, 0.3) is 0 Å². The topological polar surface area (TPSA) is 375 Å². The van der Waals surface area contributed by atoms with Crippen LogP contribution >= 0.6 is 23.2 Å². The maximum Gasteiger partial charge on any atom is 0.345 e. The first-order chi connectivity index (χ1) is 44.5. The van der Waals surface area contributed by atoms with Gasteiger partial charge in [-0.05, 0) is 159 Å². The van der Waals surface area contributed by atoms with Crippen molar-refractivity contribution in [2.75, 3.05) is 0 Å². The van der Waals surface area contributed by atoms with Gasteiger partial charge in [0.25, 0.3) is 46.3 Å². The molecular weight excluding hydrogens is 1330 g/mol. The lowest BCUT2D eigenvalue weighted by Gasteiger charge is -2.41. The van der Waals surface area contributed by atoms with E-state index in [0.717, 1.165) is 10.4 Å². The summed E-state index contributed by atoms with van der Waals surface area (Å²) in [6.45, 7) is 59.5. The molecule has 8 heterocycles. The Bertz CT molecular complexity index is 4250. The second-order valence-electron chi connectivity index (χ2n) is 28.9. The van der Waals surface area contributed by atoms with Gasteiger partial charge < -0.3 is 40.9 Å². The lowest BCUT2D eigenvalue weighted by atomic mass is 10.0. The second kappa shape index (κ2) is 34.0. The van der Waals surface area contributed by atoms with Crippen molar-refractivity contribution in [3.63, 3.8) is 0 Å². The molecule has 0 aromatic carbocycles. The van der Waals surface area contributed by atoms with Gasteiger partial charge in [-0.3, -0.25) is 67.4 Å². The minimum atomic E-state index is -1.21. The lowest BCUT2D eigenvalue weighted by Crippen LogP contribution is -2.47. The number of rotatable bonds is 0. The molecule has 4 aromatic rings. The van der Waals surface area contributed by atoms with Crippen LogP contribution in [0.1, 0.15) is 158 Å². The third-order valence-electron chi connectivity index (χ3n) is 12.7. The number of aryl methyl sites for hydroxylation is 2. The number of nitrogens with zero attached hydrogens (tertiary/aromatic N) is 10. The molecule has 0 aliphatic carbocycles. The highest BCUT2D eigenvalue weighted by atomic mass is 35.5. The average Bonchev–Trinajstić information content (AvgIpc) is 0.857. The van der Waals surface area contributed by atoms with Crippen LogP contribution in [0.15, 0.2) is 154 Å². The summed E-state index contributed by atoms with van der Waals surface area (Å²) in [4.78, 5) is 147. The first-order valence-electron chi connectivity index (χ1n) is 30.2. The zero-order valence-corrected chi connectivity index (χ0v) is 62.3. The molecule has 0 saturated carbocycles. The predicted molar refractivity (Wildman–Crippen MR) is 378 cm³/mol. The molecule has 0 radical (unpaired) electrons. The van der Waals surface area contributed by atoms with E-state index in [-0.39, 0.29) is 83.6 Å². The van der Waals surface area contributed by atoms with Crippen molar-refractivity contribution >= 4 is 46.8 Å². The monoisotopic (exact) mass is 1430 g/mol. The van der Waals surface area contributed by atoms with Crippen molar-refractivity contribution in [3.05, 3.63) is 215 Å². The molecule has 8 N–H and O–H groups in total. The van der Waals surface area contributed by atoms with Gasteiger partial charge in [-0.25, -0.2) is 28.5 Å². The van der Waals surface area contributed by atoms with Crippen molar-refractivity contribution in [2.24, 2.45) is 7.05 Å². The zero-order chi connectivity index (χ0) is 77.5. The standard InChI is InChI=1S/C10H16N2O.C9H13ClN2O.C9H13FN2O.C9H14N2O2.C9H14N2O.C8H12N2O2.C7H10ClN3O2.C4H4FN3O2/c1-7-6-9(13)11-8(2)12(7)10(3,4)5;2*1-6-11-8(13)7(10)5-12(6)9(2,3)4;1-6-5-7(12)10-8(13)11(6)9(2,3)4;1-7-10-8(12)5-6-11(7)9(2,3)4;1-8(2,3)10-5-4-6(11)9-7(10)12;1-7(2,3)11-6(13)9-5(12)4(8)10-11;1-8-4(10)6-3(9)2(5)7-8/h6H,2H2,1,3-5H3,(H,11,13);2*5H,1H2,2-4H3,(H,11,13);5H,1-4H3,(H,10,12,13);5-6H,1H2,2-4H3,(H,10,12);4-5H,1-3H3,(H,9,11,12);1-3H3,(H,9,12,13);1H3,(H,6,9,10). The van der Waals surface area contributed by atoms with Gasteiger partial charge in [0.2, 0.25) is 11.0 Å². The number of carbonyl (C=O) groups excluding carboxylic acids is 4. The van der Waals surface area contributed by atoms with E-state index in [9.17, 15) is 66.3 Å². The summed E-state index contributed by atoms with van der Waals surface area (Å²) in [5, 5.41) is 16.8. The Hall–Kier alpha value is -9.98. The first-order valence-corrected chi connectivity index (χ1v) is 31.0. The largest absolute Gasteiger partial charge is 0.345 e. The number of hydrogen-bond acceptors (Lipinski definition) is 18. The Balaban J connectivity index is 0.000000566. The summed E-state index contributed by atoms with van der Waals surface area (Å²) in [7, 11) is 1.24. The summed E-state index contributed by atoms with van der Waals surface area (Å²) < 4.78 is 29.9. The first kappa shape index (κ1) is 87.0. The number of allylic oxidation sites excluding steroid dienone is 1. The Morgan fingerprint density at radius 2 is 0.939 bits per heavy atom. The molecule has 4 amide bonds. The van der Waals surface area contributed by atoms with E-state index in [1.807, 2.05) is 105 Å². The van der Waals surface area contributed by atoms with Gasteiger partial charge in [-0.1, -0.05) is 49.5 Å². The summed E-state index contributed by atoms with van der Waals surface area (Å²) in [5.41, 5.74) is -4.45. The van der Waals surface area contributed by atoms with Crippen LogP contribution in [0.5, 0.6) is 0 Å². The molecular formula is C65H96Cl2F2N18O12. The molecule has 34 heteroatoms. The minimum Gasteiger partial charge on any atom is -0.330 e. The quantitative estimate of drug-likeness (QED) is 0.102. The smallest absolute Gasteiger partial charge is 0.330 e. The molecule has 0 atom stereocenters. The van der Waals surface area contributed by atoms with Crippen molar-refractivity contribution in [1.82, 2.24) is 89.5 Å². The van der Waals surface area contributed by atoms with Crippen LogP contribution in [-0.4, -0.2) is 114 Å². The van der Waals surface area contributed by atoms with E-state index in [2.05, 4.69) is 114 Å². The SMILES string of the molecule is C=C1NC(=O)C(Cl)=CN1C(C)(C)C.C=C1NC(=O)C(F)=CN1C(C)(C)C.C=C1NC(=O)C=C(C)N1C(C)(C)C.C=C1NC(=O)C=CN1C(C)(C)C.CC(C)(C)n1ccc(=O)[nH]c1=O.CC(C)(C)n1nc(Cl)c(=O)[nH]c1=O.Cc1cc(=O)[nH]c(=O)n1C(C)(C)C.Cn1nc(F)c(=O)[nH]c1=O. The number of carbonyl (C=O) groups is 4. The van der Waals surface area contributed by atoms with Gasteiger partial charge in [0.1, 0.15) is 28.3 Å². The third kappa shape index (κ3) is 27.5. The molecule has 0 fully saturated rings. The molecule has 4 aliphatic heterocycles. The van der Waals surface area contributed by atoms with Crippen LogP contribution in [0, 0.1) is 12.9 Å². The van der Waals surface area contributed by atoms with Crippen LogP contribution < -0.4 is 66.3 Å². The normalized spacial score (nSPS) is 14.9. The summed E-state index contributed by atoms with van der Waals surface area (Å²) >= 11 is 11.2. The molecule has 0 saturated heterocycles. The van der Waals surface area contributed by atoms with Crippen LogP contribution in [0.3, 0.4) is 0 Å². The van der Waals surface area contributed by atoms with Crippen LogP contribution in [-0.2, 0) is 42.8 Å². The van der Waals surface area contributed by atoms with Crippen LogP contribution in [0.4, 0.5) is 8.78 Å². The minimum absolute atomic E-state index is 0.0404. The number of H-pyrrole nitrogens is 4. The molecule has 8 rings (SSSR count). The highest BCUT2D eigenvalue weighted by Crippen LogP contribution is 2.27. The molecule has 30 nitrogen and oxygen atoms in total. The Kier molecular flexibility index (Phi) is 29.9. The van der Waals surface area contributed by atoms with E-state index in [1.165, 1.54) is 42.2 Å². The summed E-state index contributed by atoms with van der Waals surface area (Å²) in [6.07, 6.45) is 9.10. The molecule has 99 heavy (non-hydrogen) atoms. The number of halogens is 4. The predicted octanol–water partition coefficient (Wildman–Crippen LogP) is 5.90. The number of nitrogens with one attached hydrogen (secondary N) is 8. The molecule has 4 aliphatic rings. The van der Waals surface area contributed by atoms with Gasteiger partial charge in [0, 0.05) is 101 Å². The summed E-state index contributed by atoms with van der Waals surface area (Å²) in [5.74, 6) is -0.987. The molecule has 0 unspecified atom stereocenters. The van der Waals surface area contributed by atoms with Crippen molar-refractivity contribution in [1.29, 1.82) is 0 Å². The molecule has 0 bridgehead atoms. The highest BCUT2D eigenvalue weighted by molar-refractivity contribution is 6.42. The Labute approximate surface area is 582 Å². The van der Waals surface area contributed by atoms with E-state index in [4.69, 9.17) is 23.2 Å². The maximum atomic E-state index is 12.9. The third-order valence-corrected chi connectivity index (χ3v) is 13.2. The Morgan fingerprint density at radius 1 is 0.475 bits per heavy atom. The van der Waals surface area contributed by atoms with Gasteiger partial charge in [0.15, 0.2) is 0 Å². The second-order valence-corrected chi connectivity index (χ2v) is 29.7. The number of hydrogen-bond donors (Lipinski definition) is 8. The van der Waals surface area contributed by atoms with E-state index in [1.54, 1.807) is 60.6 Å². The zero-order valence-electron chi connectivity index (χ0n) is 60.8. The van der Waals surface area contributed by atoms with E-state index < -0.39 is 45.7 Å². The number of amides is 4. The molecule has 0 spiro atoms. The fraction of sp³-hybridized carbons (Fsp3) is 0.477. The average molecular weight is 1430 g/mol. The van der Waals surface area contributed by atoms with Gasteiger partial charge in [0.05, 0.1) is 5.54 Å². The van der Waals surface area contributed by atoms with E-state index >= 15 is 0 Å². The molecule has 546 valence electrons. The number of aromatic amines is 4.